The van der Waals surface area contributed by atoms with Crippen molar-refractivity contribution in [3.63, 3.8) is 0 Å². The monoisotopic (exact) mass is 886 g/mol. The van der Waals surface area contributed by atoms with Crippen LogP contribution >= 0.6 is 0 Å². The zero-order valence-electron chi connectivity index (χ0n) is 34.0. The van der Waals surface area contributed by atoms with Gasteiger partial charge >= 0.3 is 55.7 Å². The van der Waals surface area contributed by atoms with Crippen LogP contribution < -0.4 is 0 Å². The second-order valence-corrected chi connectivity index (χ2v) is 38.0. The molecule has 0 aromatic heterocycles. The molecule has 0 bridgehead atoms. The highest BCUT2D eigenvalue weighted by molar-refractivity contribution is 6.78. The zero-order valence-corrected chi connectivity index (χ0v) is 44.6. The smallest absolute Gasteiger partial charge is 0.411 e. The maximum Gasteiger partial charge on any atom is 0.411 e. The van der Waals surface area contributed by atoms with Gasteiger partial charge in [0, 0.05) is 6.10 Å². The lowest BCUT2D eigenvalue weighted by molar-refractivity contribution is -0.0135. The number of hydrogen-bond acceptors (Lipinski definition) is 10. The highest BCUT2D eigenvalue weighted by Gasteiger charge is 2.38. The van der Waals surface area contributed by atoms with Crippen LogP contribution in [0.15, 0.2) is 0 Å². The summed E-state index contributed by atoms with van der Waals surface area (Å²) in [4.78, 5) is 0. The van der Waals surface area contributed by atoms with E-state index in [2.05, 4.69) is 59.7 Å². The maximum atomic E-state index is 6.86. The average Bonchev–Trinajstić information content (AvgIpc) is 3.01. The van der Waals surface area contributed by atoms with Crippen molar-refractivity contribution in [3.8, 4) is 0 Å². The van der Waals surface area contributed by atoms with E-state index in [9.17, 15) is 0 Å². The number of hydrogen-bond donors (Lipinski definition) is 0. The zero-order chi connectivity index (χ0) is 37.5. The summed E-state index contributed by atoms with van der Waals surface area (Å²) >= 11 is 0. The summed E-state index contributed by atoms with van der Waals surface area (Å²) in [5.41, 5.74) is 0. The second kappa shape index (κ2) is 28.2. The molecule has 0 amide bonds. The largest absolute Gasteiger partial charge is 0.441 e. The Morgan fingerprint density at radius 3 is 2.22 bits per heavy atom. The molecule has 6 radical (unpaired) electrons. The van der Waals surface area contributed by atoms with Crippen LogP contribution in [0.3, 0.4) is 0 Å². The predicted molar refractivity (Wildman–Crippen MR) is 228 cm³/mol. The Bertz CT molecular complexity index is 848. The molecule has 2 saturated heterocycles. The van der Waals surface area contributed by atoms with Gasteiger partial charge in [0.05, 0.1) is 0 Å². The Kier molecular flexibility index (Phi) is 27.1. The molecule has 0 saturated carbocycles. The first kappa shape index (κ1) is 48.9. The van der Waals surface area contributed by atoms with E-state index in [0.29, 0.717) is 9.76 Å². The lowest BCUT2D eigenvalue weighted by Crippen LogP contribution is -2.50. The average molecular weight is 888 g/mol. The first-order valence-electron chi connectivity index (χ1n) is 20.2. The molecular formula is C31H74O10Si10. The van der Waals surface area contributed by atoms with Crippen molar-refractivity contribution in [1.82, 2.24) is 0 Å². The topological polar surface area (TPSA) is 92.3 Å². The van der Waals surface area contributed by atoms with E-state index in [1.54, 1.807) is 0 Å². The molecule has 20 heteroatoms. The molecular weight excluding hydrogens is 813 g/mol. The Balaban J connectivity index is 1.62. The van der Waals surface area contributed by atoms with Gasteiger partial charge in [-0.2, -0.15) is 0 Å². The van der Waals surface area contributed by atoms with E-state index in [0.717, 1.165) is 36.6 Å². The molecule has 2 aliphatic heterocycles. The SMILES string of the molecule is CCCCCCC[Si](O[Si]O[Si]CCCCCC[Si]1O[SiH](C)OC(C)O[SiH](C)O1)O[Si](C)(C)CCCCCC[Si]1(C)OC(C)C[SiH](C)O[SiH](C)O1. The van der Waals surface area contributed by atoms with Gasteiger partial charge < -0.3 is 42.1 Å². The van der Waals surface area contributed by atoms with Crippen LogP contribution in [0.2, 0.25) is 82.1 Å². The van der Waals surface area contributed by atoms with Gasteiger partial charge in [-0.3, -0.25) is 0 Å². The maximum absolute atomic E-state index is 6.86. The molecule has 0 aliphatic carbocycles. The summed E-state index contributed by atoms with van der Waals surface area (Å²) in [6.45, 7) is 22.1. The van der Waals surface area contributed by atoms with Crippen molar-refractivity contribution in [1.29, 1.82) is 0 Å². The summed E-state index contributed by atoms with van der Waals surface area (Å²) in [7, 11) is -12.0. The van der Waals surface area contributed by atoms with Crippen LogP contribution in [0.1, 0.15) is 104 Å². The van der Waals surface area contributed by atoms with E-state index < -0.39 is 72.3 Å². The van der Waals surface area contributed by atoms with Gasteiger partial charge in [0.15, 0.2) is 17.4 Å². The molecule has 0 spiro atoms. The molecule has 0 aromatic carbocycles. The first-order valence-corrected chi connectivity index (χ1v) is 39.5. The molecule has 2 rings (SSSR count). The first-order chi connectivity index (χ1) is 24.3. The lowest BCUT2D eigenvalue weighted by atomic mass is 10.2. The van der Waals surface area contributed by atoms with Crippen molar-refractivity contribution in [2.75, 3.05) is 0 Å². The fraction of sp³-hybridized carbons (Fsp3) is 1.00. The van der Waals surface area contributed by atoms with E-state index in [1.165, 1.54) is 83.1 Å². The van der Waals surface area contributed by atoms with Gasteiger partial charge in [-0.15, -0.1) is 0 Å². The van der Waals surface area contributed by atoms with Crippen LogP contribution in [0, 0.1) is 0 Å². The third-order valence-electron chi connectivity index (χ3n) is 9.03. The molecule has 298 valence electrons. The fourth-order valence-electron chi connectivity index (χ4n) is 6.66. The standard InChI is InChI=1S/C31H74O10Si10/c1-11-12-13-15-20-25-48(36-43-35-42-24-19-14-16-21-26-49-38-45(5)32-31(3)33-46(6)39-49)41-50(8,9)27-22-17-18-23-28-51(10)34-30(2)29-44(4)37-47(7)40-51/h30-31,44-47H,11-29H2,1-10H3. The Morgan fingerprint density at radius 2 is 1.49 bits per heavy atom. The highest BCUT2D eigenvalue weighted by Crippen LogP contribution is 2.27. The third-order valence-corrected chi connectivity index (χ3v) is 34.4. The van der Waals surface area contributed by atoms with Crippen molar-refractivity contribution >= 4 is 92.1 Å². The summed E-state index contributed by atoms with van der Waals surface area (Å²) in [6, 6.07) is 6.54. The van der Waals surface area contributed by atoms with Crippen molar-refractivity contribution in [3.05, 3.63) is 0 Å². The predicted octanol–water partition coefficient (Wildman–Crippen LogP) is 7.74. The molecule has 2 fully saturated rings. The summed E-state index contributed by atoms with van der Waals surface area (Å²) < 4.78 is 62.6. The van der Waals surface area contributed by atoms with Crippen LogP contribution in [0.25, 0.3) is 0 Å². The minimum atomic E-state index is -2.15. The summed E-state index contributed by atoms with van der Waals surface area (Å²) in [6.07, 6.45) is 16.1. The van der Waals surface area contributed by atoms with Gasteiger partial charge in [-0.05, 0) is 95.9 Å². The fourth-order valence-corrected chi connectivity index (χ4v) is 31.9. The normalized spacial score (nSPS) is 28.8. The molecule has 6 atom stereocenters. The van der Waals surface area contributed by atoms with Crippen LogP contribution in [0.4, 0.5) is 0 Å². The van der Waals surface area contributed by atoms with Crippen molar-refractivity contribution in [2.24, 2.45) is 0 Å². The van der Waals surface area contributed by atoms with Gasteiger partial charge in [0.25, 0.3) is 9.28 Å². The van der Waals surface area contributed by atoms with Gasteiger partial charge in [-0.1, -0.05) is 90.4 Å². The minimum absolute atomic E-state index is 0.0985. The third kappa shape index (κ3) is 24.9. The summed E-state index contributed by atoms with van der Waals surface area (Å²) in [5.74, 6) is 0. The van der Waals surface area contributed by atoms with E-state index >= 15 is 0 Å². The summed E-state index contributed by atoms with van der Waals surface area (Å²) in [5, 5.41) is 0. The molecule has 2 heterocycles. The number of unbranched alkanes of at least 4 members (excludes halogenated alkanes) is 10. The Morgan fingerprint density at radius 1 is 0.843 bits per heavy atom. The molecule has 2 aliphatic rings. The molecule has 10 nitrogen and oxygen atoms in total. The quantitative estimate of drug-likeness (QED) is 0.0635. The minimum Gasteiger partial charge on any atom is -0.441 e. The second-order valence-electron chi connectivity index (χ2n) is 15.2. The Hall–Kier alpha value is 1.77. The van der Waals surface area contributed by atoms with E-state index in [-0.39, 0.29) is 22.4 Å². The van der Waals surface area contributed by atoms with E-state index in [4.69, 9.17) is 42.1 Å². The lowest BCUT2D eigenvalue weighted by Gasteiger charge is -2.37. The molecule has 6 unspecified atom stereocenters. The van der Waals surface area contributed by atoms with Crippen LogP contribution in [-0.4, -0.2) is 105 Å². The molecule has 51 heavy (non-hydrogen) atoms. The Labute approximate surface area is 331 Å². The van der Waals surface area contributed by atoms with Crippen LogP contribution in [-0.2, 0) is 42.1 Å². The van der Waals surface area contributed by atoms with Crippen LogP contribution in [0.5, 0.6) is 0 Å². The van der Waals surface area contributed by atoms with Crippen molar-refractivity contribution < 1.29 is 42.1 Å². The van der Waals surface area contributed by atoms with Gasteiger partial charge in [-0.25, -0.2) is 0 Å². The van der Waals surface area contributed by atoms with Crippen molar-refractivity contribution in [2.45, 2.75) is 199 Å². The van der Waals surface area contributed by atoms with E-state index in [1.807, 2.05) is 6.92 Å². The number of rotatable bonds is 26. The molecule has 0 aromatic rings. The molecule has 0 N–H and O–H groups in total. The highest BCUT2D eigenvalue weighted by atomic mass is 28.4. The van der Waals surface area contributed by atoms with Gasteiger partial charge in [0.1, 0.15) is 6.29 Å². The van der Waals surface area contributed by atoms with Gasteiger partial charge in [0.2, 0.25) is 9.76 Å².